The molecule has 0 radical (unpaired) electrons. The van der Waals surface area contributed by atoms with Crippen molar-refractivity contribution in [3.05, 3.63) is 0 Å². The molecule has 0 bridgehead atoms. The van der Waals surface area contributed by atoms with Gasteiger partial charge in [0.15, 0.2) is 0 Å². The van der Waals surface area contributed by atoms with Crippen LogP contribution >= 0.6 is 0 Å². The van der Waals surface area contributed by atoms with Gasteiger partial charge in [-0.25, -0.2) is 0 Å². The minimum absolute atomic E-state index is 0.0167. The molecule has 1 rings (SSSR count). The Labute approximate surface area is 124 Å². The minimum Gasteiger partial charge on any atom is -0.462 e. The van der Waals surface area contributed by atoms with E-state index in [-0.39, 0.29) is 17.5 Å². The van der Waals surface area contributed by atoms with Gasteiger partial charge in [0.25, 0.3) is 0 Å². The number of esters is 1. The summed E-state index contributed by atoms with van der Waals surface area (Å²) in [5.41, 5.74) is -0.295. The Kier molecular flexibility index (Phi) is 8.20. The Balaban J connectivity index is 2.34. The Morgan fingerprint density at radius 1 is 1.10 bits per heavy atom. The third-order valence-electron chi connectivity index (χ3n) is 4.21. The van der Waals surface area contributed by atoms with Crippen molar-refractivity contribution in [3.63, 3.8) is 0 Å². The van der Waals surface area contributed by atoms with Crippen molar-refractivity contribution in [2.75, 3.05) is 13.2 Å². The third-order valence-corrected chi connectivity index (χ3v) is 4.21. The van der Waals surface area contributed by atoms with Crippen LogP contribution in [0.5, 0.6) is 0 Å². The molecule has 2 unspecified atom stereocenters. The third kappa shape index (κ3) is 6.74. The van der Waals surface area contributed by atoms with Crippen molar-refractivity contribution in [3.8, 4) is 0 Å². The van der Waals surface area contributed by atoms with E-state index in [2.05, 4.69) is 20.8 Å². The van der Waals surface area contributed by atoms with Gasteiger partial charge in [0.05, 0.1) is 12.0 Å². The second-order valence-corrected chi connectivity index (χ2v) is 6.38. The molecule has 0 spiro atoms. The van der Waals surface area contributed by atoms with Crippen LogP contribution in [0, 0.1) is 5.41 Å². The van der Waals surface area contributed by atoms with E-state index in [1.54, 1.807) is 0 Å². The van der Waals surface area contributed by atoms with Crippen LogP contribution in [0.2, 0.25) is 0 Å². The molecule has 1 heterocycles. The highest BCUT2D eigenvalue weighted by Gasteiger charge is 2.35. The number of ether oxygens (including phenoxy) is 2. The van der Waals surface area contributed by atoms with Crippen molar-refractivity contribution in [2.45, 2.75) is 84.7 Å². The van der Waals surface area contributed by atoms with Crippen LogP contribution in [0.1, 0.15) is 78.6 Å². The first-order chi connectivity index (χ1) is 9.62. The normalized spacial score (nSPS) is 20.4. The number of carbonyl (C=O) groups excluding carboxylic acids is 1. The fraction of sp³-hybridized carbons (Fsp3) is 0.941. The lowest BCUT2D eigenvalue weighted by Crippen LogP contribution is -2.31. The number of epoxide rings is 1. The Hall–Kier alpha value is -0.570. The van der Waals surface area contributed by atoms with E-state index in [0.717, 1.165) is 38.7 Å². The highest BCUT2D eigenvalue weighted by molar-refractivity contribution is 5.76. The first-order valence-corrected chi connectivity index (χ1v) is 8.41. The molecular weight excluding hydrogens is 252 g/mol. The molecule has 0 N–H and O–H groups in total. The lowest BCUT2D eigenvalue weighted by molar-refractivity contribution is -0.156. The number of unbranched alkanes of at least 4 members (excludes halogenated alkanes) is 5. The van der Waals surface area contributed by atoms with Gasteiger partial charge in [-0.05, 0) is 19.8 Å². The summed E-state index contributed by atoms with van der Waals surface area (Å²) in [6, 6.07) is 0. The van der Waals surface area contributed by atoms with Crippen LogP contribution in [0.25, 0.3) is 0 Å². The topological polar surface area (TPSA) is 38.8 Å². The van der Waals surface area contributed by atoms with Crippen molar-refractivity contribution in [1.29, 1.82) is 0 Å². The Morgan fingerprint density at radius 3 is 2.30 bits per heavy atom. The molecular formula is C17H32O3. The monoisotopic (exact) mass is 284 g/mol. The highest BCUT2D eigenvalue weighted by Crippen LogP contribution is 2.33. The molecule has 0 aromatic rings. The average Bonchev–Trinajstić information content (AvgIpc) is 3.26. The number of rotatable bonds is 12. The molecule has 3 heteroatoms. The van der Waals surface area contributed by atoms with E-state index in [0.29, 0.717) is 6.61 Å². The maximum atomic E-state index is 12.3. The molecule has 118 valence electrons. The summed E-state index contributed by atoms with van der Waals surface area (Å²) >= 11 is 0. The quantitative estimate of drug-likeness (QED) is 0.301. The lowest BCUT2D eigenvalue weighted by Gasteiger charge is -2.27. The van der Waals surface area contributed by atoms with Crippen LogP contribution in [0.15, 0.2) is 0 Å². The molecule has 0 aromatic heterocycles. The van der Waals surface area contributed by atoms with Crippen LogP contribution in [0.3, 0.4) is 0 Å². The molecule has 3 nitrogen and oxygen atoms in total. The summed E-state index contributed by atoms with van der Waals surface area (Å²) in [7, 11) is 0. The summed E-state index contributed by atoms with van der Waals surface area (Å²) in [4.78, 5) is 12.3. The summed E-state index contributed by atoms with van der Waals surface area (Å²) in [6.45, 7) is 7.67. The van der Waals surface area contributed by atoms with E-state index in [4.69, 9.17) is 9.47 Å². The van der Waals surface area contributed by atoms with E-state index >= 15 is 0 Å². The number of hydrogen-bond acceptors (Lipinski definition) is 3. The summed E-state index contributed by atoms with van der Waals surface area (Å²) in [5, 5.41) is 0. The van der Waals surface area contributed by atoms with E-state index in [1.165, 1.54) is 25.7 Å². The fourth-order valence-corrected chi connectivity index (χ4v) is 2.52. The zero-order valence-corrected chi connectivity index (χ0v) is 13.6. The summed E-state index contributed by atoms with van der Waals surface area (Å²) in [5.74, 6) is -0.0167. The van der Waals surface area contributed by atoms with E-state index < -0.39 is 0 Å². The summed E-state index contributed by atoms with van der Waals surface area (Å²) in [6.07, 6.45) is 10.5. The maximum absolute atomic E-state index is 12.3. The van der Waals surface area contributed by atoms with Crippen LogP contribution < -0.4 is 0 Å². The van der Waals surface area contributed by atoms with Gasteiger partial charge in [0, 0.05) is 0 Å². The van der Waals surface area contributed by atoms with Gasteiger partial charge in [-0.2, -0.15) is 0 Å². The number of hydrogen-bond donors (Lipinski definition) is 0. The van der Waals surface area contributed by atoms with E-state index in [9.17, 15) is 4.79 Å². The zero-order valence-electron chi connectivity index (χ0n) is 13.6. The van der Waals surface area contributed by atoms with Crippen LogP contribution in [-0.2, 0) is 14.3 Å². The predicted molar refractivity (Wildman–Crippen MR) is 81.7 cm³/mol. The number of carbonyl (C=O) groups is 1. The zero-order chi connectivity index (χ0) is 14.8. The van der Waals surface area contributed by atoms with Crippen LogP contribution in [-0.4, -0.2) is 25.3 Å². The van der Waals surface area contributed by atoms with Gasteiger partial charge in [-0.3, -0.25) is 4.79 Å². The lowest BCUT2D eigenvalue weighted by atomic mass is 9.80. The molecule has 0 aliphatic carbocycles. The van der Waals surface area contributed by atoms with Gasteiger partial charge < -0.3 is 9.47 Å². The Morgan fingerprint density at radius 2 is 1.70 bits per heavy atom. The maximum Gasteiger partial charge on any atom is 0.311 e. The molecule has 1 saturated heterocycles. The molecule has 0 aromatic carbocycles. The largest absolute Gasteiger partial charge is 0.462 e. The molecule has 2 atom stereocenters. The standard InChI is InChI=1S/C17H32O3/c1-4-6-8-9-10-12-17(3,11-7-5-2)16(18)20-14-15-13-19-15/h15H,4-14H2,1-3H3. The molecule has 1 aliphatic heterocycles. The van der Waals surface area contributed by atoms with Gasteiger partial charge in [0.2, 0.25) is 0 Å². The minimum atomic E-state index is -0.295. The van der Waals surface area contributed by atoms with Crippen LogP contribution in [0.4, 0.5) is 0 Å². The van der Waals surface area contributed by atoms with Gasteiger partial charge in [-0.1, -0.05) is 58.8 Å². The molecule has 1 fully saturated rings. The predicted octanol–water partition coefficient (Wildman–Crippen LogP) is 4.49. The Bertz CT molecular complexity index is 273. The smallest absolute Gasteiger partial charge is 0.311 e. The summed E-state index contributed by atoms with van der Waals surface area (Å²) < 4.78 is 10.5. The molecule has 0 amide bonds. The average molecular weight is 284 g/mol. The second-order valence-electron chi connectivity index (χ2n) is 6.38. The molecule has 20 heavy (non-hydrogen) atoms. The van der Waals surface area contributed by atoms with Crippen molar-refractivity contribution >= 4 is 5.97 Å². The van der Waals surface area contributed by atoms with Crippen molar-refractivity contribution in [1.82, 2.24) is 0 Å². The van der Waals surface area contributed by atoms with E-state index in [1.807, 2.05) is 0 Å². The first kappa shape index (κ1) is 17.5. The van der Waals surface area contributed by atoms with Gasteiger partial charge in [0.1, 0.15) is 12.7 Å². The molecule has 1 aliphatic rings. The van der Waals surface area contributed by atoms with Crippen molar-refractivity contribution < 1.29 is 14.3 Å². The van der Waals surface area contributed by atoms with Gasteiger partial charge >= 0.3 is 5.97 Å². The highest BCUT2D eigenvalue weighted by atomic mass is 16.6. The second kappa shape index (κ2) is 9.38. The molecule has 0 saturated carbocycles. The fourth-order valence-electron chi connectivity index (χ4n) is 2.52. The SMILES string of the molecule is CCCCCCCC(C)(CCCC)C(=O)OCC1CO1. The van der Waals surface area contributed by atoms with Gasteiger partial charge in [-0.15, -0.1) is 0 Å². The van der Waals surface area contributed by atoms with Crippen molar-refractivity contribution in [2.24, 2.45) is 5.41 Å². The first-order valence-electron chi connectivity index (χ1n) is 8.41.